The van der Waals surface area contributed by atoms with Crippen LogP contribution in [0.4, 0.5) is 0 Å². The molecule has 0 saturated heterocycles. The number of likely N-dealkylation sites (N-methyl/N-ethyl adjacent to an activating group) is 1. The van der Waals surface area contributed by atoms with E-state index < -0.39 is 17.8 Å². The summed E-state index contributed by atoms with van der Waals surface area (Å²) in [6.07, 6.45) is 3.69. The Morgan fingerprint density at radius 3 is 2.58 bits per heavy atom. The van der Waals surface area contributed by atoms with Gasteiger partial charge in [-0.25, -0.2) is 4.79 Å². The van der Waals surface area contributed by atoms with Gasteiger partial charge in [-0.1, -0.05) is 6.07 Å². The van der Waals surface area contributed by atoms with Gasteiger partial charge in [-0.05, 0) is 17.7 Å². The topological polar surface area (TPSA) is 114 Å². The number of hydrogen-bond donors (Lipinski definition) is 2. The molecule has 0 radical (unpaired) electrons. The number of carbonyl (C=O) groups excluding carboxylic acids is 2. The number of carbonyl (C=O) groups is 3. The SMILES string of the molecule is CN(CC(N)=O)C(=O)c1ccc(C=CC(=O)O)cn1. The first-order valence-electron chi connectivity index (χ1n) is 5.31. The number of hydrogen-bond acceptors (Lipinski definition) is 4. The number of nitrogens with two attached hydrogens (primary N) is 1. The van der Waals surface area contributed by atoms with Gasteiger partial charge in [0.2, 0.25) is 5.91 Å². The third-order valence-corrected chi connectivity index (χ3v) is 2.16. The normalized spacial score (nSPS) is 10.4. The zero-order valence-electron chi connectivity index (χ0n) is 10.2. The molecule has 0 aliphatic rings. The average molecular weight is 263 g/mol. The Bertz CT molecular complexity index is 522. The maximum absolute atomic E-state index is 11.8. The van der Waals surface area contributed by atoms with Crippen LogP contribution in [0.1, 0.15) is 16.1 Å². The minimum atomic E-state index is -1.07. The molecular weight excluding hydrogens is 250 g/mol. The van der Waals surface area contributed by atoms with Gasteiger partial charge in [0.25, 0.3) is 5.91 Å². The summed E-state index contributed by atoms with van der Waals surface area (Å²) in [6, 6.07) is 3.00. The summed E-state index contributed by atoms with van der Waals surface area (Å²) in [6.45, 7) is -0.193. The van der Waals surface area contributed by atoms with E-state index in [9.17, 15) is 14.4 Å². The van der Waals surface area contributed by atoms with Crippen LogP contribution in [0.5, 0.6) is 0 Å². The van der Waals surface area contributed by atoms with Crippen molar-refractivity contribution in [1.29, 1.82) is 0 Å². The summed E-state index contributed by atoms with van der Waals surface area (Å²) >= 11 is 0. The van der Waals surface area contributed by atoms with Gasteiger partial charge < -0.3 is 15.7 Å². The van der Waals surface area contributed by atoms with Crippen LogP contribution in [0.3, 0.4) is 0 Å². The van der Waals surface area contributed by atoms with Crippen LogP contribution in [0.25, 0.3) is 6.08 Å². The van der Waals surface area contributed by atoms with E-state index in [1.807, 2.05) is 0 Å². The molecule has 19 heavy (non-hydrogen) atoms. The van der Waals surface area contributed by atoms with Gasteiger partial charge in [0.05, 0.1) is 6.54 Å². The smallest absolute Gasteiger partial charge is 0.328 e. The third kappa shape index (κ3) is 4.58. The average Bonchev–Trinajstić information content (AvgIpc) is 2.35. The first-order chi connectivity index (χ1) is 8.90. The monoisotopic (exact) mass is 263 g/mol. The first-order valence-corrected chi connectivity index (χ1v) is 5.31. The first kappa shape index (κ1) is 14.4. The van der Waals surface area contributed by atoms with Gasteiger partial charge in [0.15, 0.2) is 0 Å². The van der Waals surface area contributed by atoms with Crippen LogP contribution in [-0.4, -0.2) is 46.4 Å². The van der Waals surface area contributed by atoms with Crippen LogP contribution in [0, 0.1) is 0 Å². The second kappa shape index (κ2) is 6.29. The molecule has 7 heteroatoms. The van der Waals surface area contributed by atoms with Crippen molar-refractivity contribution in [2.75, 3.05) is 13.6 Å². The van der Waals surface area contributed by atoms with Crippen LogP contribution >= 0.6 is 0 Å². The van der Waals surface area contributed by atoms with Crippen molar-refractivity contribution < 1.29 is 19.5 Å². The molecule has 0 aliphatic carbocycles. The molecule has 3 N–H and O–H groups in total. The van der Waals surface area contributed by atoms with E-state index in [0.717, 1.165) is 11.0 Å². The second-order valence-electron chi connectivity index (χ2n) is 3.78. The van der Waals surface area contributed by atoms with E-state index in [-0.39, 0.29) is 12.2 Å². The van der Waals surface area contributed by atoms with Crippen molar-refractivity contribution >= 4 is 23.9 Å². The van der Waals surface area contributed by atoms with Crippen molar-refractivity contribution in [3.05, 3.63) is 35.7 Å². The van der Waals surface area contributed by atoms with Gasteiger partial charge in [-0.2, -0.15) is 0 Å². The minimum Gasteiger partial charge on any atom is -0.478 e. The summed E-state index contributed by atoms with van der Waals surface area (Å²) in [7, 11) is 1.44. The van der Waals surface area contributed by atoms with E-state index in [1.54, 1.807) is 6.07 Å². The Hall–Kier alpha value is -2.70. The molecule has 0 atom stereocenters. The number of carboxylic acid groups (broad SMARTS) is 1. The molecule has 1 rings (SSSR count). The molecule has 0 fully saturated rings. The number of nitrogens with zero attached hydrogens (tertiary/aromatic N) is 2. The van der Waals surface area contributed by atoms with Crippen molar-refractivity contribution in [2.24, 2.45) is 5.73 Å². The van der Waals surface area contributed by atoms with E-state index in [1.165, 1.54) is 25.4 Å². The number of aliphatic carboxylic acids is 1. The van der Waals surface area contributed by atoms with Crippen molar-refractivity contribution in [3.8, 4) is 0 Å². The summed E-state index contributed by atoms with van der Waals surface area (Å²) < 4.78 is 0. The highest BCUT2D eigenvalue weighted by Crippen LogP contribution is 2.05. The van der Waals surface area contributed by atoms with Crippen molar-refractivity contribution in [3.63, 3.8) is 0 Å². The summed E-state index contributed by atoms with van der Waals surface area (Å²) in [4.78, 5) is 37.9. The number of aromatic nitrogens is 1. The highest BCUT2D eigenvalue weighted by molar-refractivity contribution is 5.94. The molecule has 0 saturated carbocycles. The Labute approximate surface area is 109 Å². The Morgan fingerprint density at radius 2 is 2.11 bits per heavy atom. The number of primary amides is 1. The molecule has 7 nitrogen and oxygen atoms in total. The highest BCUT2D eigenvalue weighted by atomic mass is 16.4. The summed E-state index contributed by atoms with van der Waals surface area (Å²) in [5.41, 5.74) is 5.68. The molecule has 0 aromatic carbocycles. The Kier molecular flexibility index (Phi) is 4.76. The fourth-order valence-electron chi connectivity index (χ4n) is 1.30. The quantitative estimate of drug-likeness (QED) is 0.710. The van der Waals surface area contributed by atoms with Gasteiger partial charge in [0, 0.05) is 19.3 Å². The standard InChI is InChI=1S/C12H13N3O4/c1-15(7-10(13)16)12(19)9-4-2-8(6-14-9)3-5-11(17)18/h2-6H,7H2,1H3,(H2,13,16)(H,17,18). The molecule has 0 bridgehead atoms. The number of carboxylic acids is 1. The fraction of sp³-hybridized carbons (Fsp3) is 0.167. The predicted octanol–water partition coefficient (Wildman–Crippen LogP) is -0.263. The molecular formula is C12H13N3O4. The van der Waals surface area contributed by atoms with Crippen LogP contribution in [0.15, 0.2) is 24.4 Å². The lowest BCUT2D eigenvalue weighted by Crippen LogP contribution is -2.35. The number of rotatable bonds is 5. The molecule has 1 aromatic rings. The van der Waals surface area contributed by atoms with Crippen molar-refractivity contribution in [2.45, 2.75) is 0 Å². The molecule has 0 spiro atoms. The van der Waals surface area contributed by atoms with Gasteiger partial charge >= 0.3 is 5.97 Å². The zero-order valence-corrected chi connectivity index (χ0v) is 10.2. The second-order valence-corrected chi connectivity index (χ2v) is 3.78. The Morgan fingerprint density at radius 1 is 1.42 bits per heavy atom. The minimum absolute atomic E-state index is 0.149. The van der Waals surface area contributed by atoms with Crippen LogP contribution in [0.2, 0.25) is 0 Å². The van der Waals surface area contributed by atoms with Gasteiger partial charge in [0.1, 0.15) is 5.69 Å². The maximum Gasteiger partial charge on any atom is 0.328 e. The van der Waals surface area contributed by atoms with E-state index in [0.29, 0.717) is 5.56 Å². The number of amides is 2. The molecule has 1 aromatic heterocycles. The molecule has 1 heterocycles. The lowest BCUT2D eigenvalue weighted by atomic mass is 10.2. The lowest BCUT2D eigenvalue weighted by Gasteiger charge is -2.14. The maximum atomic E-state index is 11.8. The molecule has 0 aliphatic heterocycles. The molecule has 0 unspecified atom stereocenters. The van der Waals surface area contributed by atoms with Gasteiger partial charge in [-0.3, -0.25) is 14.6 Å². The third-order valence-electron chi connectivity index (χ3n) is 2.16. The summed E-state index contributed by atoms with van der Waals surface area (Å²) in [5.74, 6) is -2.12. The summed E-state index contributed by atoms with van der Waals surface area (Å²) in [5, 5.41) is 8.46. The van der Waals surface area contributed by atoms with E-state index in [4.69, 9.17) is 10.8 Å². The molecule has 100 valence electrons. The number of pyridine rings is 1. The lowest BCUT2D eigenvalue weighted by molar-refractivity contribution is -0.131. The largest absolute Gasteiger partial charge is 0.478 e. The predicted molar refractivity (Wildman–Crippen MR) is 67.1 cm³/mol. The molecule has 2 amide bonds. The Balaban J connectivity index is 2.78. The van der Waals surface area contributed by atoms with Crippen LogP contribution < -0.4 is 5.73 Å². The zero-order chi connectivity index (χ0) is 14.4. The van der Waals surface area contributed by atoms with Gasteiger partial charge in [-0.15, -0.1) is 0 Å². The van der Waals surface area contributed by atoms with E-state index >= 15 is 0 Å². The highest BCUT2D eigenvalue weighted by Gasteiger charge is 2.14. The van der Waals surface area contributed by atoms with E-state index in [2.05, 4.69) is 4.98 Å². The fourth-order valence-corrected chi connectivity index (χ4v) is 1.30. The van der Waals surface area contributed by atoms with Crippen molar-refractivity contribution in [1.82, 2.24) is 9.88 Å². The van der Waals surface area contributed by atoms with Crippen LogP contribution in [-0.2, 0) is 9.59 Å².